The fourth-order valence-electron chi connectivity index (χ4n) is 0.507. The van der Waals surface area contributed by atoms with Crippen molar-refractivity contribution in [2.24, 2.45) is 0 Å². The van der Waals surface area contributed by atoms with Crippen molar-refractivity contribution < 1.29 is 9.85 Å². The molecule has 0 saturated heterocycles. The van der Waals surface area contributed by atoms with E-state index in [1.165, 1.54) is 6.08 Å². The molecule has 11 heavy (non-hydrogen) atoms. The topological polar surface area (TPSA) is 86.3 Å². The summed E-state index contributed by atoms with van der Waals surface area (Å²) in [7, 11) is 0. The number of nitrogens with zero attached hydrogens (tertiary/aromatic N) is 2. The van der Waals surface area contributed by atoms with Gasteiger partial charge in [-0.2, -0.15) is 0 Å². The fraction of sp³-hybridized carbons (Fsp3) is 0.600. The van der Waals surface area contributed by atoms with Crippen molar-refractivity contribution >= 4 is 0 Å². The first-order chi connectivity index (χ1) is 5.09. The predicted octanol–water partition coefficient (Wildman–Crippen LogP) is 0.832. The van der Waals surface area contributed by atoms with E-state index in [1.54, 1.807) is 13.0 Å². The molecular formula is C5H8N2O4. The molecule has 0 heterocycles. The Morgan fingerprint density at radius 2 is 1.82 bits per heavy atom. The van der Waals surface area contributed by atoms with Crippen molar-refractivity contribution in [2.75, 3.05) is 0 Å². The lowest BCUT2D eigenvalue weighted by Gasteiger charge is -1.96. The lowest BCUT2D eigenvalue weighted by atomic mass is 10.3. The molecule has 0 spiro atoms. The lowest BCUT2D eigenvalue weighted by molar-refractivity contribution is -0.741. The SMILES string of the molecule is C/C=C/CC([N+](=O)[O-])[N+](=O)[O-]. The van der Waals surface area contributed by atoms with Crippen molar-refractivity contribution in [1.82, 2.24) is 0 Å². The first-order valence-electron chi connectivity index (χ1n) is 2.97. The standard InChI is InChI=1S/C5H8N2O4/c1-2-3-4-5(6(8)9)7(10)11/h2-3,5H,4H2,1H3/b3-2+. The van der Waals surface area contributed by atoms with Gasteiger partial charge in [-0.1, -0.05) is 12.2 Å². The molecule has 0 fully saturated rings. The van der Waals surface area contributed by atoms with Crippen LogP contribution in [0, 0.1) is 20.2 Å². The molecule has 6 nitrogen and oxygen atoms in total. The van der Waals surface area contributed by atoms with Crippen LogP contribution in [0.2, 0.25) is 0 Å². The number of hydrogen-bond donors (Lipinski definition) is 0. The van der Waals surface area contributed by atoms with E-state index in [1.807, 2.05) is 0 Å². The molecule has 0 unspecified atom stereocenters. The van der Waals surface area contributed by atoms with E-state index < -0.39 is 16.0 Å². The zero-order chi connectivity index (χ0) is 8.85. The summed E-state index contributed by atoms with van der Waals surface area (Å²) in [6.07, 6.45) is 1.08. The summed E-state index contributed by atoms with van der Waals surface area (Å²) in [5.74, 6) is 0. The fourth-order valence-corrected chi connectivity index (χ4v) is 0.507. The van der Waals surface area contributed by atoms with Crippen LogP contribution in [0.4, 0.5) is 0 Å². The summed E-state index contributed by atoms with van der Waals surface area (Å²) < 4.78 is 0. The third-order valence-corrected chi connectivity index (χ3v) is 1.07. The minimum atomic E-state index is -1.70. The Hall–Kier alpha value is -1.46. The van der Waals surface area contributed by atoms with Gasteiger partial charge in [0, 0.05) is 0 Å². The highest BCUT2D eigenvalue weighted by molar-refractivity contribution is 4.77. The quantitative estimate of drug-likeness (QED) is 0.264. The molecule has 0 radical (unpaired) electrons. The Labute approximate surface area is 62.8 Å². The van der Waals surface area contributed by atoms with Gasteiger partial charge < -0.3 is 0 Å². The van der Waals surface area contributed by atoms with E-state index in [0.29, 0.717) is 0 Å². The molecule has 0 amide bonds. The number of rotatable bonds is 4. The van der Waals surface area contributed by atoms with E-state index in [4.69, 9.17) is 0 Å². The molecule has 0 atom stereocenters. The monoisotopic (exact) mass is 160 g/mol. The molecule has 62 valence electrons. The molecule has 0 aromatic rings. The predicted molar refractivity (Wildman–Crippen MR) is 37.2 cm³/mol. The van der Waals surface area contributed by atoms with Crippen LogP contribution in [0.1, 0.15) is 13.3 Å². The maximum atomic E-state index is 9.98. The zero-order valence-corrected chi connectivity index (χ0v) is 5.97. The Morgan fingerprint density at radius 3 is 2.09 bits per heavy atom. The van der Waals surface area contributed by atoms with Crippen LogP contribution >= 0.6 is 0 Å². The van der Waals surface area contributed by atoms with E-state index >= 15 is 0 Å². The number of nitro groups is 2. The smallest absolute Gasteiger partial charge is 0.259 e. The minimum Gasteiger partial charge on any atom is -0.259 e. The maximum absolute atomic E-state index is 9.98. The van der Waals surface area contributed by atoms with Gasteiger partial charge in [0.05, 0.1) is 9.85 Å². The molecule has 0 aromatic carbocycles. The molecule has 0 N–H and O–H groups in total. The average molecular weight is 160 g/mol. The first-order valence-corrected chi connectivity index (χ1v) is 2.97. The largest absolute Gasteiger partial charge is 0.454 e. The van der Waals surface area contributed by atoms with E-state index in [0.717, 1.165) is 0 Å². The molecule has 0 bridgehead atoms. The molecule has 0 rings (SSSR count). The van der Waals surface area contributed by atoms with Crippen molar-refractivity contribution in [1.29, 1.82) is 0 Å². The van der Waals surface area contributed by atoms with Crippen molar-refractivity contribution in [3.05, 3.63) is 32.4 Å². The summed E-state index contributed by atoms with van der Waals surface area (Å²) in [4.78, 5) is 18.1. The molecule has 0 aliphatic heterocycles. The number of allylic oxidation sites excluding steroid dienone is 1. The summed E-state index contributed by atoms with van der Waals surface area (Å²) in [6, 6.07) is 0. The lowest BCUT2D eigenvalue weighted by Crippen LogP contribution is -2.27. The van der Waals surface area contributed by atoms with Crippen molar-refractivity contribution in [2.45, 2.75) is 19.5 Å². The van der Waals surface area contributed by atoms with E-state index in [2.05, 4.69) is 0 Å². The maximum Gasteiger partial charge on any atom is 0.454 e. The Kier molecular flexibility index (Phi) is 3.79. The van der Waals surface area contributed by atoms with Crippen LogP contribution in [0.15, 0.2) is 12.2 Å². The van der Waals surface area contributed by atoms with Gasteiger partial charge >= 0.3 is 6.17 Å². The number of hydrogen-bond acceptors (Lipinski definition) is 4. The molecule has 0 aromatic heterocycles. The van der Waals surface area contributed by atoms with Crippen molar-refractivity contribution in [3.63, 3.8) is 0 Å². The van der Waals surface area contributed by atoms with Gasteiger partial charge in [0.1, 0.15) is 6.42 Å². The summed E-state index contributed by atoms with van der Waals surface area (Å²) >= 11 is 0. The third-order valence-electron chi connectivity index (χ3n) is 1.07. The van der Waals surface area contributed by atoms with Gasteiger partial charge in [0.15, 0.2) is 0 Å². The molecule has 0 aliphatic carbocycles. The normalized spacial score (nSPS) is 10.7. The van der Waals surface area contributed by atoms with Gasteiger partial charge in [-0.15, -0.1) is 0 Å². The molecule has 6 heteroatoms. The minimum absolute atomic E-state index is 0.156. The second-order valence-corrected chi connectivity index (χ2v) is 1.86. The third kappa shape index (κ3) is 3.29. The summed E-state index contributed by atoms with van der Waals surface area (Å²) in [6.45, 7) is 1.65. The van der Waals surface area contributed by atoms with Crippen LogP contribution in [0.3, 0.4) is 0 Å². The van der Waals surface area contributed by atoms with Crippen LogP contribution in [0.5, 0.6) is 0 Å². The molecule has 0 aliphatic rings. The van der Waals surface area contributed by atoms with E-state index in [9.17, 15) is 20.2 Å². The van der Waals surface area contributed by atoms with Crippen LogP contribution in [-0.2, 0) is 0 Å². The van der Waals surface area contributed by atoms with Crippen LogP contribution in [-0.4, -0.2) is 16.0 Å². The van der Waals surface area contributed by atoms with Gasteiger partial charge in [0.2, 0.25) is 0 Å². The highest BCUT2D eigenvalue weighted by Crippen LogP contribution is 1.98. The van der Waals surface area contributed by atoms with Crippen LogP contribution in [0.25, 0.3) is 0 Å². The highest BCUT2D eigenvalue weighted by Gasteiger charge is 2.29. The Morgan fingerprint density at radius 1 is 1.36 bits per heavy atom. The van der Waals surface area contributed by atoms with Gasteiger partial charge in [-0.25, -0.2) is 0 Å². The molecular weight excluding hydrogens is 152 g/mol. The first kappa shape index (κ1) is 9.54. The van der Waals surface area contributed by atoms with Gasteiger partial charge in [0.25, 0.3) is 0 Å². The molecule has 0 saturated carbocycles. The van der Waals surface area contributed by atoms with Crippen molar-refractivity contribution in [3.8, 4) is 0 Å². The highest BCUT2D eigenvalue weighted by atomic mass is 16.7. The second-order valence-electron chi connectivity index (χ2n) is 1.86. The van der Waals surface area contributed by atoms with Gasteiger partial charge in [-0.3, -0.25) is 20.2 Å². The zero-order valence-electron chi connectivity index (χ0n) is 5.97. The summed E-state index contributed by atoms with van der Waals surface area (Å²) in [5.41, 5.74) is 0. The van der Waals surface area contributed by atoms with Gasteiger partial charge in [-0.05, 0) is 6.92 Å². The van der Waals surface area contributed by atoms with E-state index in [-0.39, 0.29) is 6.42 Å². The summed E-state index contributed by atoms with van der Waals surface area (Å²) in [5, 5.41) is 20.0. The Balaban J connectivity index is 4.12. The average Bonchev–Trinajstić information content (AvgIpc) is 1.87. The van der Waals surface area contributed by atoms with Crippen LogP contribution < -0.4 is 0 Å². The Bertz CT molecular complexity index is 175. The second kappa shape index (κ2) is 4.37.